The van der Waals surface area contributed by atoms with Crippen LogP contribution >= 0.6 is 0 Å². The fraction of sp³-hybridized carbons (Fsp3) is 0.207. The molecule has 1 aliphatic rings. The standard InChI is InChI=1S/C29H24N4O8/c30-17-20(27(35)31-18-22-6-5-15-40-22)16-19-10-12-21(13-11-19)41-25(34)9-2-1-3-14-32-28(36)23-7-4-8-24(33(38)39)26(23)29(32)37/h4-8,10-13,15-16H,1-3,9,14,18H2,(H,31,35)/b20-16+. The minimum Gasteiger partial charge on any atom is -0.467 e. The van der Waals surface area contributed by atoms with Crippen LogP contribution in [0.3, 0.4) is 0 Å². The Morgan fingerprint density at radius 3 is 2.51 bits per heavy atom. The Kier molecular flexibility index (Phi) is 9.01. The van der Waals surface area contributed by atoms with Crippen LogP contribution < -0.4 is 10.1 Å². The first-order chi connectivity index (χ1) is 19.8. The highest BCUT2D eigenvalue weighted by atomic mass is 16.6. The molecule has 3 aromatic rings. The monoisotopic (exact) mass is 556 g/mol. The maximum atomic E-state index is 12.6. The van der Waals surface area contributed by atoms with E-state index >= 15 is 0 Å². The van der Waals surface area contributed by atoms with Gasteiger partial charge in [-0.1, -0.05) is 24.6 Å². The average molecular weight is 557 g/mol. The van der Waals surface area contributed by atoms with E-state index in [0.717, 1.165) is 4.90 Å². The summed E-state index contributed by atoms with van der Waals surface area (Å²) in [6.45, 7) is 0.229. The van der Waals surface area contributed by atoms with E-state index < -0.39 is 34.3 Å². The molecule has 1 aromatic heterocycles. The summed E-state index contributed by atoms with van der Waals surface area (Å²) >= 11 is 0. The van der Waals surface area contributed by atoms with Gasteiger partial charge in [0.1, 0.15) is 28.7 Å². The van der Waals surface area contributed by atoms with Gasteiger partial charge in [-0.25, -0.2) is 0 Å². The second-order valence-corrected chi connectivity index (χ2v) is 9.00. The summed E-state index contributed by atoms with van der Waals surface area (Å²) < 4.78 is 10.5. The highest BCUT2D eigenvalue weighted by Gasteiger charge is 2.40. The minimum absolute atomic E-state index is 0.0199. The molecule has 12 heteroatoms. The van der Waals surface area contributed by atoms with Crippen LogP contribution in [0.15, 0.2) is 70.9 Å². The zero-order valence-electron chi connectivity index (χ0n) is 21.7. The third kappa shape index (κ3) is 6.90. The van der Waals surface area contributed by atoms with Gasteiger partial charge >= 0.3 is 5.97 Å². The summed E-state index contributed by atoms with van der Waals surface area (Å²) in [5, 5.41) is 23.1. The van der Waals surface area contributed by atoms with Crippen molar-refractivity contribution in [2.45, 2.75) is 32.2 Å². The van der Waals surface area contributed by atoms with Crippen molar-refractivity contribution in [2.24, 2.45) is 0 Å². The van der Waals surface area contributed by atoms with Gasteiger partial charge in [0.15, 0.2) is 0 Å². The highest BCUT2D eigenvalue weighted by Crippen LogP contribution is 2.31. The number of benzene rings is 2. The lowest BCUT2D eigenvalue weighted by atomic mass is 10.1. The van der Waals surface area contributed by atoms with Crippen LogP contribution in [0, 0.1) is 21.4 Å². The second kappa shape index (κ2) is 13.0. The van der Waals surface area contributed by atoms with Crippen LogP contribution in [0.1, 0.15) is 57.7 Å². The zero-order chi connectivity index (χ0) is 29.4. The molecule has 0 fully saturated rings. The topological polar surface area (TPSA) is 173 Å². The van der Waals surface area contributed by atoms with E-state index in [1.165, 1.54) is 30.5 Å². The van der Waals surface area contributed by atoms with Crippen molar-refractivity contribution in [1.29, 1.82) is 5.26 Å². The second-order valence-electron chi connectivity index (χ2n) is 9.00. The van der Waals surface area contributed by atoms with Crippen molar-refractivity contribution >= 4 is 35.5 Å². The number of rotatable bonds is 12. The number of furan rings is 1. The number of unbranched alkanes of at least 4 members (excludes halogenated alkanes) is 2. The quantitative estimate of drug-likeness (QED) is 0.0502. The van der Waals surface area contributed by atoms with Gasteiger partial charge in [0.2, 0.25) is 0 Å². The van der Waals surface area contributed by atoms with Crippen molar-refractivity contribution < 1.29 is 33.3 Å². The molecule has 0 unspecified atom stereocenters. The van der Waals surface area contributed by atoms with Gasteiger partial charge in [-0.15, -0.1) is 0 Å². The number of nitro groups is 1. The van der Waals surface area contributed by atoms with Gasteiger partial charge < -0.3 is 14.5 Å². The summed E-state index contributed by atoms with van der Waals surface area (Å²) in [4.78, 5) is 61.1. The average Bonchev–Trinajstić information content (AvgIpc) is 3.57. The van der Waals surface area contributed by atoms with Crippen molar-refractivity contribution in [1.82, 2.24) is 10.2 Å². The Bertz CT molecular complexity index is 1550. The van der Waals surface area contributed by atoms with Gasteiger partial charge in [-0.3, -0.25) is 34.2 Å². The summed E-state index contributed by atoms with van der Waals surface area (Å²) in [6, 6.07) is 15.5. The van der Waals surface area contributed by atoms with E-state index in [2.05, 4.69) is 5.32 Å². The summed E-state index contributed by atoms with van der Waals surface area (Å²) in [7, 11) is 0. The first-order valence-electron chi connectivity index (χ1n) is 12.6. The summed E-state index contributed by atoms with van der Waals surface area (Å²) in [5.41, 5.74) is -0.0998. The maximum absolute atomic E-state index is 12.6. The third-order valence-electron chi connectivity index (χ3n) is 6.23. The molecule has 1 aliphatic heterocycles. The molecule has 3 amide bonds. The summed E-state index contributed by atoms with van der Waals surface area (Å²) in [5.74, 6) is -1.43. The molecule has 41 heavy (non-hydrogen) atoms. The SMILES string of the molecule is N#C/C(=C\c1ccc(OC(=O)CCCCCN2C(=O)c3cccc([N+](=O)[O-])c3C2=O)cc1)C(=O)NCc1ccco1. The number of carbonyl (C=O) groups excluding carboxylic acids is 4. The molecule has 0 saturated heterocycles. The molecule has 2 aromatic carbocycles. The fourth-order valence-corrected chi connectivity index (χ4v) is 4.19. The number of fused-ring (bicyclic) bond motifs is 1. The highest BCUT2D eigenvalue weighted by molar-refractivity contribution is 6.23. The molecule has 0 spiro atoms. The number of ether oxygens (including phenoxy) is 1. The maximum Gasteiger partial charge on any atom is 0.311 e. The van der Waals surface area contributed by atoms with Gasteiger partial charge in [-0.2, -0.15) is 5.26 Å². The van der Waals surface area contributed by atoms with Crippen LogP contribution in [0.2, 0.25) is 0 Å². The predicted molar refractivity (Wildman–Crippen MR) is 143 cm³/mol. The zero-order valence-corrected chi connectivity index (χ0v) is 21.7. The lowest BCUT2D eigenvalue weighted by molar-refractivity contribution is -0.385. The summed E-state index contributed by atoms with van der Waals surface area (Å²) in [6.07, 6.45) is 4.38. The Morgan fingerprint density at radius 1 is 1.05 bits per heavy atom. The number of hydrogen-bond acceptors (Lipinski definition) is 9. The molecular weight excluding hydrogens is 532 g/mol. The molecular formula is C29H24N4O8. The molecule has 0 aliphatic carbocycles. The molecule has 208 valence electrons. The van der Waals surface area contributed by atoms with Gasteiger partial charge in [0.05, 0.1) is 23.3 Å². The lowest BCUT2D eigenvalue weighted by Gasteiger charge is -2.13. The Labute approximate surface area is 234 Å². The van der Waals surface area contributed by atoms with Crippen molar-refractivity contribution in [2.75, 3.05) is 6.54 Å². The van der Waals surface area contributed by atoms with Gasteiger partial charge in [-0.05, 0) is 54.8 Å². The number of esters is 1. The van der Waals surface area contributed by atoms with E-state index in [-0.39, 0.29) is 36.2 Å². The molecule has 1 N–H and O–H groups in total. The molecule has 12 nitrogen and oxygen atoms in total. The number of nitro benzene ring substituents is 1. The van der Waals surface area contributed by atoms with Crippen molar-refractivity contribution in [3.05, 3.63) is 99.0 Å². The number of nitrogens with one attached hydrogen (secondary N) is 1. The van der Waals surface area contributed by atoms with Crippen molar-refractivity contribution in [3.63, 3.8) is 0 Å². The third-order valence-corrected chi connectivity index (χ3v) is 6.23. The molecule has 0 saturated carbocycles. The van der Waals surface area contributed by atoms with E-state index in [9.17, 15) is 34.6 Å². The van der Waals surface area contributed by atoms with Crippen LogP contribution in [-0.4, -0.2) is 40.1 Å². The Hall–Kier alpha value is -5.57. The molecule has 0 atom stereocenters. The number of amides is 3. The number of carbonyl (C=O) groups is 4. The lowest BCUT2D eigenvalue weighted by Crippen LogP contribution is -2.30. The largest absolute Gasteiger partial charge is 0.467 e. The first kappa shape index (κ1) is 28.4. The number of hydrogen-bond donors (Lipinski definition) is 1. The Morgan fingerprint density at radius 2 is 1.83 bits per heavy atom. The van der Waals surface area contributed by atoms with Crippen LogP contribution in [0.5, 0.6) is 5.75 Å². The van der Waals surface area contributed by atoms with Gasteiger partial charge in [0, 0.05) is 19.0 Å². The molecule has 2 heterocycles. The Balaban J connectivity index is 1.20. The minimum atomic E-state index is -0.689. The normalized spacial score (nSPS) is 12.6. The number of nitriles is 1. The fourth-order valence-electron chi connectivity index (χ4n) is 4.19. The molecule has 0 bridgehead atoms. The predicted octanol–water partition coefficient (Wildman–Crippen LogP) is 4.17. The van der Waals surface area contributed by atoms with E-state index in [1.807, 2.05) is 6.07 Å². The number of imide groups is 1. The van der Waals surface area contributed by atoms with Crippen LogP contribution in [0.25, 0.3) is 6.08 Å². The van der Waals surface area contributed by atoms with Gasteiger partial charge in [0.25, 0.3) is 23.4 Å². The number of nitrogens with zero attached hydrogens (tertiary/aromatic N) is 3. The van der Waals surface area contributed by atoms with Crippen LogP contribution in [0.4, 0.5) is 5.69 Å². The van der Waals surface area contributed by atoms with Crippen molar-refractivity contribution in [3.8, 4) is 11.8 Å². The molecule has 0 radical (unpaired) electrons. The van der Waals surface area contributed by atoms with Crippen LogP contribution in [-0.2, 0) is 16.1 Å². The van der Waals surface area contributed by atoms with E-state index in [1.54, 1.807) is 36.4 Å². The molecule has 4 rings (SSSR count). The first-order valence-corrected chi connectivity index (χ1v) is 12.6. The van der Waals surface area contributed by atoms with E-state index in [0.29, 0.717) is 36.3 Å². The van der Waals surface area contributed by atoms with E-state index in [4.69, 9.17) is 9.15 Å². The smallest absolute Gasteiger partial charge is 0.311 e.